The van der Waals surface area contributed by atoms with Gasteiger partial charge in [-0.15, -0.1) is 0 Å². The zero-order valence-electron chi connectivity index (χ0n) is 9.13. The zero-order chi connectivity index (χ0) is 10.1. The normalized spacial score (nSPS) is 18.6. The Morgan fingerprint density at radius 2 is 2.07 bits per heavy atom. The zero-order valence-corrected chi connectivity index (χ0v) is 9.13. The molecular formula is C10H22N2O2. The fraction of sp³-hybridized carbons (Fsp3) is 1.00. The first kappa shape index (κ1) is 11.9. The van der Waals surface area contributed by atoms with Crippen molar-refractivity contribution in [3.63, 3.8) is 0 Å². The van der Waals surface area contributed by atoms with Crippen molar-refractivity contribution in [1.82, 2.24) is 10.2 Å². The van der Waals surface area contributed by atoms with Crippen LogP contribution in [0.5, 0.6) is 0 Å². The Bertz CT molecular complexity index is 127. The molecule has 84 valence electrons. The molecule has 1 saturated heterocycles. The maximum atomic E-state index is 5.44. The van der Waals surface area contributed by atoms with Crippen molar-refractivity contribution < 1.29 is 9.47 Å². The standard InChI is InChI=1S/C10H22N2O2/c1-11-3-8-13-7-2-4-12-5-9-14-10-6-12/h11H,2-10H2,1H3. The van der Waals surface area contributed by atoms with Crippen molar-refractivity contribution in [1.29, 1.82) is 0 Å². The van der Waals surface area contributed by atoms with Crippen LogP contribution in [0.3, 0.4) is 0 Å². The molecule has 14 heavy (non-hydrogen) atoms. The third kappa shape index (κ3) is 5.54. The quantitative estimate of drug-likeness (QED) is 0.587. The molecule has 4 heteroatoms. The van der Waals surface area contributed by atoms with Gasteiger partial charge in [-0.3, -0.25) is 4.90 Å². The van der Waals surface area contributed by atoms with Gasteiger partial charge in [0.15, 0.2) is 0 Å². The molecule has 0 aromatic carbocycles. The first-order valence-corrected chi connectivity index (χ1v) is 5.46. The van der Waals surface area contributed by atoms with Crippen LogP contribution in [0, 0.1) is 0 Å². The van der Waals surface area contributed by atoms with Crippen LogP contribution in [-0.2, 0) is 9.47 Å². The molecule has 0 unspecified atom stereocenters. The molecule has 0 aromatic rings. The number of ether oxygens (including phenoxy) is 2. The Morgan fingerprint density at radius 1 is 1.29 bits per heavy atom. The largest absolute Gasteiger partial charge is 0.380 e. The highest BCUT2D eigenvalue weighted by Crippen LogP contribution is 1.97. The molecule has 0 aromatic heterocycles. The molecule has 0 saturated carbocycles. The van der Waals surface area contributed by atoms with Crippen LogP contribution in [0.4, 0.5) is 0 Å². The van der Waals surface area contributed by atoms with Crippen LogP contribution in [0.2, 0.25) is 0 Å². The molecular weight excluding hydrogens is 180 g/mol. The Balaban J connectivity index is 1.82. The van der Waals surface area contributed by atoms with Gasteiger partial charge >= 0.3 is 0 Å². The molecule has 0 bridgehead atoms. The van der Waals surface area contributed by atoms with E-state index in [0.29, 0.717) is 0 Å². The van der Waals surface area contributed by atoms with Crippen LogP contribution in [0.1, 0.15) is 6.42 Å². The van der Waals surface area contributed by atoms with E-state index in [2.05, 4.69) is 10.2 Å². The summed E-state index contributed by atoms with van der Waals surface area (Å²) in [5.74, 6) is 0. The van der Waals surface area contributed by atoms with Gasteiger partial charge in [0.1, 0.15) is 0 Å². The molecule has 0 amide bonds. The summed E-state index contributed by atoms with van der Waals surface area (Å²) in [4.78, 5) is 2.44. The van der Waals surface area contributed by atoms with E-state index in [-0.39, 0.29) is 0 Å². The maximum Gasteiger partial charge on any atom is 0.0594 e. The van der Waals surface area contributed by atoms with Gasteiger partial charge in [0.05, 0.1) is 19.8 Å². The summed E-state index contributed by atoms with van der Waals surface area (Å²) < 4.78 is 10.7. The minimum Gasteiger partial charge on any atom is -0.380 e. The molecule has 0 atom stereocenters. The molecule has 1 aliphatic rings. The molecule has 1 N–H and O–H groups in total. The highest BCUT2D eigenvalue weighted by molar-refractivity contribution is 4.61. The highest BCUT2D eigenvalue weighted by Gasteiger charge is 2.08. The van der Waals surface area contributed by atoms with E-state index in [1.165, 1.54) is 0 Å². The third-order valence-electron chi connectivity index (χ3n) is 2.36. The summed E-state index contributed by atoms with van der Waals surface area (Å²) in [5.41, 5.74) is 0. The molecule has 1 aliphatic heterocycles. The topological polar surface area (TPSA) is 33.7 Å². The lowest BCUT2D eigenvalue weighted by atomic mass is 10.3. The molecule has 1 rings (SSSR count). The van der Waals surface area contributed by atoms with Crippen molar-refractivity contribution in [3.05, 3.63) is 0 Å². The average Bonchev–Trinajstić information content (AvgIpc) is 2.25. The van der Waals surface area contributed by atoms with E-state index in [0.717, 1.165) is 59.0 Å². The maximum absolute atomic E-state index is 5.44. The van der Waals surface area contributed by atoms with Gasteiger partial charge in [-0.2, -0.15) is 0 Å². The minimum absolute atomic E-state index is 0.819. The Morgan fingerprint density at radius 3 is 2.79 bits per heavy atom. The van der Waals surface area contributed by atoms with Crippen molar-refractivity contribution >= 4 is 0 Å². The van der Waals surface area contributed by atoms with Gasteiger partial charge in [0, 0.05) is 32.8 Å². The molecule has 1 fully saturated rings. The fourth-order valence-electron chi connectivity index (χ4n) is 1.49. The van der Waals surface area contributed by atoms with Gasteiger partial charge < -0.3 is 14.8 Å². The minimum atomic E-state index is 0.819. The summed E-state index contributed by atoms with van der Waals surface area (Å²) in [6.45, 7) is 7.72. The van der Waals surface area contributed by atoms with Crippen LogP contribution in [-0.4, -0.2) is 64.6 Å². The Labute approximate surface area is 86.6 Å². The van der Waals surface area contributed by atoms with Gasteiger partial charge in [-0.1, -0.05) is 0 Å². The SMILES string of the molecule is CNCCOCCCN1CCOCC1. The van der Waals surface area contributed by atoms with Crippen molar-refractivity contribution in [2.24, 2.45) is 0 Å². The van der Waals surface area contributed by atoms with Crippen molar-refractivity contribution in [3.8, 4) is 0 Å². The summed E-state index contributed by atoms with van der Waals surface area (Å²) >= 11 is 0. The molecule has 0 spiro atoms. The summed E-state index contributed by atoms with van der Waals surface area (Å²) in [6, 6.07) is 0. The van der Waals surface area contributed by atoms with E-state index in [1.54, 1.807) is 0 Å². The van der Waals surface area contributed by atoms with Gasteiger partial charge in [-0.25, -0.2) is 0 Å². The first-order valence-electron chi connectivity index (χ1n) is 5.46. The highest BCUT2D eigenvalue weighted by atomic mass is 16.5. The Kier molecular flexibility index (Phi) is 6.95. The van der Waals surface area contributed by atoms with E-state index in [1.807, 2.05) is 7.05 Å². The second kappa shape index (κ2) is 8.17. The van der Waals surface area contributed by atoms with E-state index < -0.39 is 0 Å². The lowest BCUT2D eigenvalue weighted by Gasteiger charge is -2.26. The number of nitrogens with one attached hydrogen (secondary N) is 1. The first-order chi connectivity index (χ1) is 6.93. The predicted octanol–water partition coefficient (Wildman–Crippen LogP) is -0.0553. The van der Waals surface area contributed by atoms with Crippen LogP contribution in [0.15, 0.2) is 0 Å². The van der Waals surface area contributed by atoms with Gasteiger partial charge in [-0.05, 0) is 13.5 Å². The van der Waals surface area contributed by atoms with Crippen molar-refractivity contribution in [2.45, 2.75) is 6.42 Å². The number of nitrogens with zero attached hydrogens (tertiary/aromatic N) is 1. The van der Waals surface area contributed by atoms with Gasteiger partial charge in [0.2, 0.25) is 0 Å². The summed E-state index contributed by atoms with van der Waals surface area (Å²) in [7, 11) is 1.94. The lowest BCUT2D eigenvalue weighted by Crippen LogP contribution is -2.37. The van der Waals surface area contributed by atoms with Crippen LogP contribution >= 0.6 is 0 Å². The smallest absolute Gasteiger partial charge is 0.0594 e. The fourth-order valence-corrected chi connectivity index (χ4v) is 1.49. The second-order valence-corrected chi connectivity index (χ2v) is 3.52. The predicted molar refractivity (Wildman–Crippen MR) is 56.6 cm³/mol. The lowest BCUT2D eigenvalue weighted by molar-refractivity contribution is 0.0321. The van der Waals surface area contributed by atoms with Crippen LogP contribution in [0.25, 0.3) is 0 Å². The number of morpholine rings is 1. The summed E-state index contributed by atoms with van der Waals surface area (Å²) in [5, 5.41) is 3.06. The van der Waals surface area contributed by atoms with Gasteiger partial charge in [0.25, 0.3) is 0 Å². The third-order valence-corrected chi connectivity index (χ3v) is 2.36. The van der Waals surface area contributed by atoms with E-state index in [9.17, 15) is 0 Å². The van der Waals surface area contributed by atoms with E-state index in [4.69, 9.17) is 9.47 Å². The Hall–Kier alpha value is -0.160. The number of hydrogen-bond acceptors (Lipinski definition) is 4. The molecule has 0 aliphatic carbocycles. The number of rotatable bonds is 7. The molecule has 0 radical (unpaired) electrons. The number of hydrogen-bond donors (Lipinski definition) is 1. The monoisotopic (exact) mass is 202 g/mol. The number of likely N-dealkylation sites (N-methyl/N-ethyl adjacent to an activating group) is 1. The second-order valence-electron chi connectivity index (χ2n) is 3.52. The van der Waals surface area contributed by atoms with E-state index >= 15 is 0 Å². The molecule has 1 heterocycles. The molecule has 4 nitrogen and oxygen atoms in total. The van der Waals surface area contributed by atoms with Crippen LogP contribution < -0.4 is 5.32 Å². The summed E-state index contributed by atoms with van der Waals surface area (Å²) in [6.07, 6.45) is 1.13. The van der Waals surface area contributed by atoms with Crippen molar-refractivity contribution in [2.75, 3.05) is 59.7 Å². The average molecular weight is 202 g/mol.